The summed E-state index contributed by atoms with van der Waals surface area (Å²) in [7, 11) is -3.25. The second-order valence-electron chi connectivity index (χ2n) is 5.22. The first-order valence-electron chi connectivity index (χ1n) is 7.03. The van der Waals surface area contributed by atoms with E-state index in [2.05, 4.69) is 10.2 Å². The zero-order chi connectivity index (χ0) is 14.7. The average molecular weight is 306 g/mol. The lowest BCUT2D eigenvalue weighted by atomic mass is 10.1. The summed E-state index contributed by atoms with van der Waals surface area (Å²) in [6, 6.07) is 9.50. The number of rotatable bonds is 4. The first-order chi connectivity index (χ1) is 10.1. The van der Waals surface area contributed by atoms with Gasteiger partial charge in [0, 0.05) is 13.1 Å². The van der Waals surface area contributed by atoms with Crippen LogP contribution in [0.3, 0.4) is 0 Å². The highest BCUT2D eigenvalue weighted by atomic mass is 32.2. The maximum absolute atomic E-state index is 12.4. The molecule has 1 aliphatic rings. The van der Waals surface area contributed by atoms with Gasteiger partial charge in [0.05, 0.1) is 24.2 Å². The van der Waals surface area contributed by atoms with E-state index in [-0.39, 0.29) is 11.8 Å². The maximum atomic E-state index is 12.4. The van der Waals surface area contributed by atoms with Gasteiger partial charge in [0.25, 0.3) is 0 Å². The molecule has 21 heavy (non-hydrogen) atoms. The molecule has 2 heterocycles. The molecule has 1 aromatic carbocycles. The highest BCUT2D eigenvalue weighted by Crippen LogP contribution is 2.23. The molecule has 0 saturated carbocycles. The van der Waals surface area contributed by atoms with Crippen LogP contribution in [0.25, 0.3) is 0 Å². The van der Waals surface area contributed by atoms with Crippen LogP contribution in [0.5, 0.6) is 0 Å². The summed E-state index contributed by atoms with van der Waals surface area (Å²) in [6.45, 7) is 1.06. The molecule has 0 N–H and O–H groups in total. The van der Waals surface area contributed by atoms with Gasteiger partial charge in [0.15, 0.2) is 0 Å². The summed E-state index contributed by atoms with van der Waals surface area (Å²) >= 11 is 0. The molecule has 6 nitrogen and oxygen atoms in total. The van der Waals surface area contributed by atoms with Crippen molar-refractivity contribution >= 4 is 10.0 Å². The van der Waals surface area contributed by atoms with Crippen molar-refractivity contribution in [1.82, 2.24) is 19.3 Å². The van der Waals surface area contributed by atoms with E-state index >= 15 is 0 Å². The molecule has 1 saturated heterocycles. The van der Waals surface area contributed by atoms with Crippen molar-refractivity contribution in [3.05, 3.63) is 48.3 Å². The van der Waals surface area contributed by atoms with Gasteiger partial charge in [-0.3, -0.25) is 0 Å². The quantitative estimate of drug-likeness (QED) is 0.857. The predicted molar refractivity (Wildman–Crippen MR) is 78.9 cm³/mol. The van der Waals surface area contributed by atoms with Crippen LogP contribution in [-0.4, -0.2) is 40.8 Å². The molecule has 0 unspecified atom stereocenters. The van der Waals surface area contributed by atoms with E-state index in [1.807, 2.05) is 30.3 Å². The predicted octanol–water partition coefficient (Wildman–Crippen LogP) is 1.45. The fourth-order valence-electron chi connectivity index (χ4n) is 2.64. The number of hydrogen-bond donors (Lipinski definition) is 0. The van der Waals surface area contributed by atoms with Gasteiger partial charge < -0.3 is 0 Å². The molecular weight excluding hydrogens is 288 g/mol. The van der Waals surface area contributed by atoms with Crippen LogP contribution in [-0.2, 0) is 15.8 Å². The third-order valence-electron chi connectivity index (χ3n) is 3.77. The van der Waals surface area contributed by atoms with Crippen molar-refractivity contribution in [2.45, 2.75) is 24.6 Å². The summed E-state index contributed by atoms with van der Waals surface area (Å²) in [4.78, 5) is 1.68. The molecule has 0 atom stereocenters. The standard InChI is InChI=1S/C14H18N4O2S/c19-21(20,12-13-4-2-1-3-5-13)17-10-6-14(7-11-17)18-15-8-9-16-18/h1-5,8-9,14H,6-7,10-12H2. The van der Waals surface area contributed by atoms with Gasteiger partial charge in [-0.1, -0.05) is 30.3 Å². The molecule has 0 bridgehead atoms. The van der Waals surface area contributed by atoms with Gasteiger partial charge in [-0.05, 0) is 18.4 Å². The highest BCUT2D eigenvalue weighted by molar-refractivity contribution is 7.88. The van der Waals surface area contributed by atoms with Gasteiger partial charge in [0.2, 0.25) is 10.0 Å². The van der Waals surface area contributed by atoms with Gasteiger partial charge >= 0.3 is 0 Å². The Labute approximate surface area is 124 Å². The summed E-state index contributed by atoms with van der Waals surface area (Å²) in [5.74, 6) is 0.0680. The minimum absolute atomic E-state index is 0.0680. The van der Waals surface area contributed by atoms with E-state index in [0.29, 0.717) is 13.1 Å². The van der Waals surface area contributed by atoms with Crippen LogP contribution < -0.4 is 0 Å². The Kier molecular flexibility index (Phi) is 4.03. The third kappa shape index (κ3) is 3.30. The van der Waals surface area contributed by atoms with E-state index in [9.17, 15) is 8.42 Å². The second kappa shape index (κ2) is 5.95. The number of sulfonamides is 1. The molecule has 0 aliphatic carbocycles. The number of nitrogens with zero attached hydrogens (tertiary/aromatic N) is 4. The fraction of sp³-hybridized carbons (Fsp3) is 0.429. The first-order valence-corrected chi connectivity index (χ1v) is 8.63. The van der Waals surface area contributed by atoms with Crippen LogP contribution >= 0.6 is 0 Å². The minimum atomic E-state index is -3.25. The summed E-state index contributed by atoms with van der Waals surface area (Å²) in [5, 5.41) is 8.26. The first kappa shape index (κ1) is 14.2. The number of aromatic nitrogens is 3. The van der Waals surface area contributed by atoms with Crippen molar-refractivity contribution in [3.63, 3.8) is 0 Å². The molecular formula is C14H18N4O2S. The molecule has 0 radical (unpaired) electrons. The Balaban J connectivity index is 1.63. The molecule has 112 valence electrons. The Hall–Kier alpha value is -1.73. The molecule has 1 aliphatic heterocycles. The summed E-state index contributed by atoms with van der Waals surface area (Å²) in [6.07, 6.45) is 4.81. The lowest BCUT2D eigenvalue weighted by Crippen LogP contribution is -2.40. The van der Waals surface area contributed by atoms with Gasteiger partial charge in [-0.15, -0.1) is 0 Å². The Morgan fingerprint density at radius 1 is 1.05 bits per heavy atom. The Bertz CT molecular complexity index is 662. The summed E-state index contributed by atoms with van der Waals surface area (Å²) in [5.41, 5.74) is 0.827. The van der Waals surface area contributed by atoms with Crippen molar-refractivity contribution in [2.75, 3.05) is 13.1 Å². The number of piperidine rings is 1. The average Bonchev–Trinajstić information content (AvgIpc) is 3.02. The SMILES string of the molecule is O=S(=O)(Cc1ccccc1)N1CCC(n2nccn2)CC1. The third-order valence-corrected chi connectivity index (χ3v) is 5.62. The Morgan fingerprint density at radius 2 is 1.67 bits per heavy atom. The molecule has 3 rings (SSSR count). The topological polar surface area (TPSA) is 68.1 Å². The van der Waals surface area contributed by atoms with Gasteiger partial charge in [-0.2, -0.15) is 15.0 Å². The molecule has 0 spiro atoms. The van der Waals surface area contributed by atoms with Gasteiger partial charge in [-0.25, -0.2) is 12.7 Å². The second-order valence-corrected chi connectivity index (χ2v) is 7.19. The molecule has 1 fully saturated rings. The van der Waals surface area contributed by atoms with Crippen molar-refractivity contribution in [3.8, 4) is 0 Å². The summed E-state index contributed by atoms with van der Waals surface area (Å²) < 4.78 is 26.5. The smallest absolute Gasteiger partial charge is 0.212 e. The zero-order valence-corrected chi connectivity index (χ0v) is 12.5. The van der Waals surface area contributed by atoms with E-state index < -0.39 is 10.0 Å². The number of benzene rings is 1. The maximum Gasteiger partial charge on any atom is 0.218 e. The van der Waals surface area contributed by atoms with Crippen LogP contribution in [0.1, 0.15) is 24.4 Å². The lowest BCUT2D eigenvalue weighted by Gasteiger charge is -2.30. The largest absolute Gasteiger partial charge is 0.218 e. The Morgan fingerprint density at radius 3 is 2.29 bits per heavy atom. The number of hydrogen-bond acceptors (Lipinski definition) is 4. The molecule has 0 amide bonds. The van der Waals surface area contributed by atoms with Crippen molar-refractivity contribution in [1.29, 1.82) is 0 Å². The molecule has 1 aromatic heterocycles. The van der Waals surface area contributed by atoms with E-state index in [1.54, 1.807) is 21.5 Å². The van der Waals surface area contributed by atoms with Crippen LogP contribution in [0.2, 0.25) is 0 Å². The van der Waals surface area contributed by atoms with Gasteiger partial charge in [0.1, 0.15) is 0 Å². The minimum Gasteiger partial charge on any atom is -0.212 e. The van der Waals surface area contributed by atoms with Crippen molar-refractivity contribution < 1.29 is 8.42 Å². The van der Waals surface area contributed by atoms with Crippen LogP contribution in [0.4, 0.5) is 0 Å². The van der Waals surface area contributed by atoms with E-state index in [4.69, 9.17) is 0 Å². The van der Waals surface area contributed by atoms with Crippen LogP contribution in [0.15, 0.2) is 42.7 Å². The zero-order valence-electron chi connectivity index (χ0n) is 11.7. The van der Waals surface area contributed by atoms with E-state index in [0.717, 1.165) is 18.4 Å². The van der Waals surface area contributed by atoms with Crippen molar-refractivity contribution in [2.24, 2.45) is 0 Å². The normalized spacial score (nSPS) is 17.9. The molecule has 2 aromatic rings. The lowest BCUT2D eigenvalue weighted by molar-refractivity contribution is 0.245. The monoisotopic (exact) mass is 306 g/mol. The fourth-order valence-corrected chi connectivity index (χ4v) is 4.21. The van der Waals surface area contributed by atoms with Crippen LogP contribution in [0, 0.1) is 0 Å². The molecule has 7 heteroatoms. The highest BCUT2D eigenvalue weighted by Gasteiger charge is 2.29. The van der Waals surface area contributed by atoms with E-state index in [1.165, 1.54) is 0 Å².